The number of carbonyl (C=O) groups excluding carboxylic acids is 4. The van der Waals surface area contributed by atoms with Gasteiger partial charge in [-0.1, -0.05) is 18.2 Å². The van der Waals surface area contributed by atoms with Crippen molar-refractivity contribution in [3.63, 3.8) is 0 Å². The molecule has 0 radical (unpaired) electrons. The minimum absolute atomic E-state index is 0.0643. The molecule has 1 fully saturated rings. The van der Waals surface area contributed by atoms with Gasteiger partial charge in [0.05, 0.1) is 7.11 Å². The summed E-state index contributed by atoms with van der Waals surface area (Å²) >= 11 is 5.29. The van der Waals surface area contributed by atoms with E-state index in [9.17, 15) is 19.2 Å². The van der Waals surface area contributed by atoms with Gasteiger partial charge in [-0.2, -0.15) is 0 Å². The van der Waals surface area contributed by atoms with E-state index in [2.05, 4.69) is 10.6 Å². The molecule has 2 rings (SSSR count). The van der Waals surface area contributed by atoms with Gasteiger partial charge in [-0.15, -0.1) is 0 Å². The van der Waals surface area contributed by atoms with Gasteiger partial charge < -0.3 is 34.3 Å². The Kier molecular flexibility index (Phi) is 8.91. The van der Waals surface area contributed by atoms with E-state index in [0.717, 1.165) is 27.9 Å². The standard InChI is InChI=1S/C20H24N2O9S/c1-10(23)28-14-15(29-11(2)24)17(19(26)27-4)31-18(16(14)30-12(3)25)22-20(32)21-13-8-6-5-7-9-13/h5-9,14-18H,1-4H3,(H2,21,22,32). The summed E-state index contributed by atoms with van der Waals surface area (Å²) in [6.07, 6.45) is -6.92. The number of thiocarbonyl (C=S) groups is 1. The van der Waals surface area contributed by atoms with Crippen LogP contribution >= 0.6 is 12.2 Å². The highest BCUT2D eigenvalue weighted by Crippen LogP contribution is 2.28. The molecule has 0 aliphatic carbocycles. The van der Waals surface area contributed by atoms with Gasteiger partial charge in [-0.3, -0.25) is 14.4 Å². The molecule has 0 aromatic heterocycles. The largest absolute Gasteiger partial charge is 0.467 e. The minimum Gasteiger partial charge on any atom is -0.467 e. The van der Waals surface area contributed by atoms with Crippen molar-refractivity contribution in [1.29, 1.82) is 0 Å². The second-order valence-electron chi connectivity index (χ2n) is 6.69. The zero-order valence-corrected chi connectivity index (χ0v) is 18.7. The molecule has 0 amide bonds. The molecule has 1 saturated heterocycles. The van der Waals surface area contributed by atoms with Crippen molar-refractivity contribution in [1.82, 2.24) is 5.32 Å². The molecule has 0 bridgehead atoms. The van der Waals surface area contributed by atoms with Gasteiger partial charge in [0.1, 0.15) is 0 Å². The number of carbonyl (C=O) groups is 4. The first-order chi connectivity index (χ1) is 15.1. The molecule has 1 aliphatic heterocycles. The van der Waals surface area contributed by atoms with Gasteiger partial charge in [0.25, 0.3) is 0 Å². The highest BCUT2D eigenvalue weighted by molar-refractivity contribution is 7.80. The molecule has 12 heteroatoms. The molecule has 1 heterocycles. The number of hydrogen-bond donors (Lipinski definition) is 2. The lowest BCUT2D eigenvalue weighted by molar-refractivity contribution is -0.250. The Balaban J connectivity index is 2.38. The monoisotopic (exact) mass is 468 g/mol. The Bertz CT molecular complexity index is 864. The Morgan fingerprint density at radius 2 is 1.41 bits per heavy atom. The van der Waals surface area contributed by atoms with E-state index >= 15 is 0 Å². The van der Waals surface area contributed by atoms with Crippen molar-refractivity contribution in [2.24, 2.45) is 0 Å². The van der Waals surface area contributed by atoms with Crippen LogP contribution in [0.1, 0.15) is 20.8 Å². The molecule has 2 N–H and O–H groups in total. The van der Waals surface area contributed by atoms with E-state index in [1.54, 1.807) is 24.3 Å². The molecule has 1 aromatic carbocycles. The lowest BCUT2D eigenvalue weighted by atomic mass is 9.97. The number of esters is 4. The van der Waals surface area contributed by atoms with E-state index in [0.29, 0.717) is 5.69 Å². The summed E-state index contributed by atoms with van der Waals surface area (Å²) in [5.74, 6) is -3.18. The predicted molar refractivity (Wildman–Crippen MR) is 113 cm³/mol. The van der Waals surface area contributed by atoms with Gasteiger partial charge in [-0.25, -0.2) is 4.79 Å². The molecule has 1 aromatic rings. The van der Waals surface area contributed by atoms with Gasteiger partial charge >= 0.3 is 23.9 Å². The van der Waals surface area contributed by atoms with Gasteiger partial charge in [0.15, 0.2) is 35.8 Å². The van der Waals surface area contributed by atoms with Crippen LogP contribution in [-0.4, -0.2) is 66.7 Å². The van der Waals surface area contributed by atoms with Crippen LogP contribution in [0.4, 0.5) is 5.69 Å². The van der Waals surface area contributed by atoms with Crippen molar-refractivity contribution in [3.8, 4) is 0 Å². The fraction of sp³-hybridized carbons (Fsp3) is 0.450. The van der Waals surface area contributed by atoms with Crippen LogP contribution in [-0.2, 0) is 42.9 Å². The van der Waals surface area contributed by atoms with Crippen LogP contribution in [0.25, 0.3) is 0 Å². The predicted octanol–water partition coefficient (Wildman–Crippen LogP) is 0.666. The Morgan fingerprint density at radius 1 is 0.875 bits per heavy atom. The van der Waals surface area contributed by atoms with E-state index in [1.807, 2.05) is 6.07 Å². The Morgan fingerprint density at radius 3 is 1.94 bits per heavy atom. The van der Waals surface area contributed by atoms with Crippen molar-refractivity contribution < 1.29 is 42.9 Å². The maximum Gasteiger partial charge on any atom is 0.339 e. The first-order valence-corrected chi connectivity index (χ1v) is 9.90. The molecular formula is C20H24N2O9S. The summed E-state index contributed by atoms with van der Waals surface area (Å²) in [7, 11) is 1.11. The second-order valence-corrected chi connectivity index (χ2v) is 7.10. The molecule has 0 spiro atoms. The molecule has 5 unspecified atom stereocenters. The van der Waals surface area contributed by atoms with Gasteiger partial charge in [0, 0.05) is 26.5 Å². The number of benzene rings is 1. The summed E-state index contributed by atoms with van der Waals surface area (Å²) in [6, 6.07) is 8.92. The van der Waals surface area contributed by atoms with Crippen LogP contribution in [0, 0.1) is 0 Å². The summed E-state index contributed by atoms with van der Waals surface area (Å²) in [6.45, 7) is 3.35. The minimum atomic E-state index is -1.50. The maximum absolute atomic E-state index is 12.4. The SMILES string of the molecule is COC(=O)C1OC(NC(=S)Nc2ccccc2)C(OC(C)=O)C(OC(C)=O)C1OC(C)=O. The van der Waals surface area contributed by atoms with Crippen molar-refractivity contribution in [2.75, 3.05) is 12.4 Å². The number of nitrogens with one attached hydrogen (secondary N) is 2. The molecule has 5 atom stereocenters. The molecule has 174 valence electrons. The number of para-hydroxylation sites is 1. The molecule has 1 aliphatic rings. The smallest absolute Gasteiger partial charge is 0.339 e. The third-order valence-electron chi connectivity index (χ3n) is 4.18. The van der Waals surface area contributed by atoms with Crippen LogP contribution in [0.2, 0.25) is 0 Å². The van der Waals surface area contributed by atoms with Crippen LogP contribution in [0.5, 0.6) is 0 Å². The van der Waals surface area contributed by atoms with E-state index in [4.69, 9.17) is 35.9 Å². The number of methoxy groups -OCH3 is 1. The molecular weight excluding hydrogens is 444 g/mol. The highest BCUT2D eigenvalue weighted by atomic mass is 32.1. The van der Waals surface area contributed by atoms with E-state index in [1.165, 1.54) is 0 Å². The normalized spacial score (nSPS) is 24.4. The van der Waals surface area contributed by atoms with Crippen molar-refractivity contribution >= 4 is 46.9 Å². The topological polar surface area (TPSA) is 138 Å². The summed E-state index contributed by atoms with van der Waals surface area (Å²) in [5.41, 5.74) is 0.656. The van der Waals surface area contributed by atoms with Crippen molar-refractivity contribution in [2.45, 2.75) is 51.4 Å². The van der Waals surface area contributed by atoms with Gasteiger partial charge in [-0.05, 0) is 24.4 Å². The van der Waals surface area contributed by atoms with Crippen molar-refractivity contribution in [3.05, 3.63) is 30.3 Å². The zero-order valence-electron chi connectivity index (χ0n) is 17.9. The Labute approximate surface area is 189 Å². The average Bonchev–Trinajstić information content (AvgIpc) is 2.71. The third kappa shape index (κ3) is 6.89. The zero-order chi connectivity index (χ0) is 23.8. The quantitative estimate of drug-likeness (QED) is 0.345. The third-order valence-corrected chi connectivity index (χ3v) is 4.40. The molecule has 0 saturated carbocycles. The average molecular weight is 468 g/mol. The molecule has 32 heavy (non-hydrogen) atoms. The maximum atomic E-state index is 12.4. The first kappa shape index (κ1) is 25.0. The first-order valence-electron chi connectivity index (χ1n) is 9.50. The lowest BCUT2D eigenvalue weighted by Gasteiger charge is -2.43. The van der Waals surface area contributed by atoms with Crippen LogP contribution in [0.3, 0.4) is 0 Å². The Hall–Kier alpha value is -3.25. The fourth-order valence-corrected chi connectivity index (χ4v) is 3.28. The fourth-order valence-electron chi connectivity index (χ4n) is 3.05. The highest BCUT2D eigenvalue weighted by Gasteiger charge is 2.54. The van der Waals surface area contributed by atoms with Crippen LogP contribution < -0.4 is 10.6 Å². The number of rotatable bonds is 6. The van der Waals surface area contributed by atoms with E-state index in [-0.39, 0.29) is 5.11 Å². The lowest BCUT2D eigenvalue weighted by Crippen LogP contribution is -2.67. The van der Waals surface area contributed by atoms with Crippen LogP contribution in [0.15, 0.2) is 30.3 Å². The summed E-state index contributed by atoms with van der Waals surface area (Å²) in [5, 5.41) is 5.77. The summed E-state index contributed by atoms with van der Waals surface area (Å²) < 4.78 is 26.3. The van der Waals surface area contributed by atoms with Gasteiger partial charge in [0.2, 0.25) is 0 Å². The number of hydrogen-bond acceptors (Lipinski definition) is 10. The van der Waals surface area contributed by atoms with E-state index < -0.39 is 54.5 Å². The second kappa shape index (κ2) is 11.4. The summed E-state index contributed by atoms with van der Waals surface area (Å²) in [4.78, 5) is 47.6. The molecule has 11 nitrogen and oxygen atoms in total. The number of ether oxygens (including phenoxy) is 5. The number of anilines is 1.